The number of aromatic nitrogens is 2. The van der Waals surface area contributed by atoms with E-state index in [1.807, 2.05) is 28.8 Å². The zero-order valence-corrected chi connectivity index (χ0v) is 17.0. The summed E-state index contributed by atoms with van der Waals surface area (Å²) in [4.78, 5) is 39.0. The molecule has 9 heteroatoms. The van der Waals surface area contributed by atoms with Gasteiger partial charge in [0, 0.05) is 36.5 Å². The number of ether oxygens (including phenoxy) is 1. The molecule has 4 rings (SSSR count). The Bertz CT molecular complexity index is 1140. The van der Waals surface area contributed by atoms with Gasteiger partial charge in [-0.25, -0.2) is 9.78 Å². The third-order valence-electron chi connectivity index (χ3n) is 5.42. The number of carboxylic acid groups (broad SMARTS) is 1. The van der Waals surface area contributed by atoms with Gasteiger partial charge in [-0.05, 0) is 49.1 Å². The van der Waals surface area contributed by atoms with E-state index in [1.54, 1.807) is 6.20 Å². The van der Waals surface area contributed by atoms with E-state index in [4.69, 9.17) is 9.84 Å². The molecule has 1 aliphatic rings. The van der Waals surface area contributed by atoms with Crippen molar-refractivity contribution in [2.75, 3.05) is 19.8 Å². The molecule has 2 aromatic heterocycles. The quantitative estimate of drug-likeness (QED) is 0.377. The van der Waals surface area contributed by atoms with Gasteiger partial charge < -0.3 is 19.7 Å². The van der Waals surface area contributed by atoms with Gasteiger partial charge in [-0.1, -0.05) is 6.07 Å². The Morgan fingerprint density at radius 2 is 2.13 bits per heavy atom. The Labute approximate surface area is 178 Å². The van der Waals surface area contributed by atoms with Crippen LogP contribution in [-0.4, -0.2) is 52.3 Å². The molecule has 0 spiro atoms. The minimum absolute atomic E-state index is 0.238. The Kier molecular flexibility index (Phi) is 6.13. The fraction of sp³-hybridized carbons (Fsp3) is 0.364. The van der Waals surface area contributed by atoms with E-state index >= 15 is 0 Å². The van der Waals surface area contributed by atoms with E-state index in [1.165, 1.54) is 0 Å². The number of pyridine rings is 1. The number of hydrogen-bond donors (Lipinski definition) is 3. The third kappa shape index (κ3) is 4.51. The lowest BCUT2D eigenvalue weighted by molar-refractivity contribution is -0.135. The lowest BCUT2D eigenvalue weighted by atomic mass is 10.0. The summed E-state index contributed by atoms with van der Waals surface area (Å²) in [5.41, 5.74) is 2.80. The first-order valence-electron chi connectivity index (χ1n) is 10.3. The number of nitrogens with one attached hydrogen (secondary N) is 2. The molecule has 3 aromatic rings. The number of imide groups is 1. The van der Waals surface area contributed by atoms with Crippen molar-refractivity contribution in [3.63, 3.8) is 0 Å². The fourth-order valence-electron chi connectivity index (χ4n) is 4.03. The zero-order valence-electron chi connectivity index (χ0n) is 17.0. The molecule has 0 radical (unpaired) electrons. The second-order valence-electron chi connectivity index (χ2n) is 7.51. The number of nitrogens with zero attached hydrogens (tertiary/aromatic N) is 2. The molecule has 1 atom stereocenters. The predicted octanol–water partition coefficient (Wildman–Crippen LogP) is 2.38. The maximum atomic E-state index is 12.5. The molecule has 31 heavy (non-hydrogen) atoms. The summed E-state index contributed by atoms with van der Waals surface area (Å²) in [5.74, 6) is -0.530. The maximum Gasteiger partial charge on any atom is 0.404 e. The SMILES string of the molecule is O=C(O)NCCOCCCc1ccc2c(c1)c1cccnc1n2C1CCC(=O)NC1=O. The van der Waals surface area contributed by atoms with Crippen LogP contribution in [0.3, 0.4) is 0 Å². The summed E-state index contributed by atoms with van der Waals surface area (Å²) in [7, 11) is 0. The molecular formula is C22H24N4O5. The number of benzene rings is 1. The molecule has 3 N–H and O–H groups in total. The highest BCUT2D eigenvalue weighted by Gasteiger charge is 2.30. The summed E-state index contributed by atoms with van der Waals surface area (Å²) >= 11 is 0. The van der Waals surface area contributed by atoms with E-state index in [0.29, 0.717) is 26.1 Å². The molecule has 9 nitrogen and oxygen atoms in total. The van der Waals surface area contributed by atoms with Crippen LogP contribution in [0.5, 0.6) is 0 Å². The van der Waals surface area contributed by atoms with E-state index in [-0.39, 0.29) is 18.4 Å². The lowest BCUT2D eigenvalue weighted by Crippen LogP contribution is -2.41. The Hall–Kier alpha value is -3.46. The smallest absolute Gasteiger partial charge is 0.404 e. The van der Waals surface area contributed by atoms with Crippen LogP contribution in [-0.2, 0) is 20.7 Å². The number of aryl methyl sites for hydroxylation is 1. The minimum Gasteiger partial charge on any atom is -0.465 e. The summed E-state index contributed by atoms with van der Waals surface area (Å²) in [6, 6.07) is 9.57. The molecule has 0 aliphatic carbocycles. The average molecular weight is 424 g/mol. The van der Waals surface area contributed by atoms with Gasteiger partial charge in [0.2, 0.25) is 11.8 Å². The number of carbonyl (C=O) groups is 3. The van der Waals surface area contributed by atoms with Crippen LogP contribution in [0.1, 0.15) is 30.9 Å². The average Bonchev–Trinajstić information content (AvgIpc) is 3.07. The molecular weight excluding hydrogens is 400 g/mol. The molecule has 3 heterocycles. The molecule has 1 fully saturated rings. The molecule has 0 saturated carbocycles. The van der Waals surface area contributed by atoms with Crippen LogP contribution >= 0.6 is 0 Å². The first kappa shape index (κ1) is 20.8. The Morgan fingerprint density at radius 1 is 1.26 bits per heavy atom. The van der Waals surface area contributed by atoms with Crippen molar-refractivity contribution in [1.29, 1.82) is 0 Å². The molecule has 162 valence electrons. The summed E-state index contributed by atoms with van der Waals surface area (Å²) in [6.07, 6.45) is 3.04. The van der Waals surface area contributed by atoms with Crippen LogP contribution in [0.2, 0.25) is 0 Å². The molecule has 0 bridgehead atoms. The zero-order chi connectivity index (χ0) is 21.8. The first-order valence-corrected chi connectivity index (χ1v) is 10.3. The highest BCUT2D eigenvalue weighted by atomic mass is 16.5. The number of rotatable bonds is 8. The molecule has 1 unspecified atom stereocenters. The number of carbonyl (C=O) groups excluding carboxylic acids is 2. The largest absolute Gasteiger partial charge is 0.465 e. The molecule has 1 aliphatic heterocycles. The number of hydrogen-bond acceptors (Lipinski definition) is 5. The highest BCUT2D eigenvalue weighted by Crippen LogP contribution is 2.34. The van der Waals surface area contributed by atoms with Crippen molar-refractivity contribution in [3.8, 4) is 0 Å². The van der Waals surface area contributed by atoms with Crippen LogP contribution in [0.4, 0.5) is 4.79 Å². The topological polar surface area (TPSA) is 123 Å². The summed E-state index contributed by atoms with van der Waals surface area (Å²) in [6.45, 7) is 1.16. The van der Waals surface area contributed by atoms with E-state index in [9.17, 15) is 14.4 Å². The van der Waals surface area contributed by atoms with Gasteiger partial charge in [0.25, 0.3) is 0 Å². The number of piperidine rings is 1. The lowest BCUT2D eigenvalue weighted by Gasteiger charge is -2.23. The number of amides is 3. The standard InChI is InChI=1S/C22H24N4O5/c27-19-8-7-18(21(28)25-19)26-17-6-5-14(3-2-11-31-12-10-24-22(29)30)13-16(17)15-4-1-9-23-20(15)26/h1,4-6,9,13,18,24H,2-3,7-8,10-12H2,(H,29,30)(H,25,27,28). The second-order valence-corrected chi connectivity index (χ2v) is 7.51. The molecule has 1 aromatic carbocycles. The third-order valence-corrected chi connectivity index (χ3v) is 5.42. The highest BCUT2D eigenvalue weighted by molar-refractivity contribution is 6.09. The second kappa shape index (κ2) is 9.13. The van der Waals surface area contributed by atoms with E-state index in [0.717, 1.165) is 40.3 Å². The Morgan fingerprint density at radius 3 is 2.94 bits per heavy atom. The summed E-state index contributed by atoms with van der Waals surface area (Å²) in [5, 5.41) is 15.2. The van der Waals surface area contributed by atoms with Crippen molar-refractivity contribution >= 4 is 39.8 Å². The van der Waals surface area contributed by atoms with Gasteiger partial charge in [0.15, 0.2) is 0 Å². The van der Waals surface area contributed by atoms with E-state index in [2.05, 4.69) is 21.7 Å². The van der Waals surface area contributed by atoms with Gasteiger partial charge in [-0.3, -0.25) is 14.9 Å². The van der Waals surface area contributed by atoms with Crippen molar-refractivity contribution in [1.82, 2.24) is 20.2 Å². The minimum atomic E-state index is -1.05. The van der Waals surface area contributed by atoms with Gasteiger partial charge in [0.1, 0.15) is 11.7 Å². The van der Waals surface area contributed by atoms with Gasteiger partial charge in [-0.15, -0.1) is 0 Å². The summed E-state index contributed by atoms with van der Waals surface area (Å²) < 4.78 is 7.39. The Balaban J connectivity index is 1.52. The van der Waals surface area contributed by atoms with Crippen molar-refractivity contribution in [2.45, 2.75) is 31.7 Å². The first-order chi connectivity index (χ1) is 15.0. The van der Waals surface area contributed by atoms with Gasteiger partial charge in [0.05, 0.1) is 12.1 Å². The van der Waals surface area contributed by atoms with Crippen molar-refractivity contribution in [3.05, 3.63) is 42.1 Å². The fourth-order valence-corrected chi connectivity index (χ4v) is 4.03. The molecule has 1 saturated heterocycles. The number of fused-ring (bicyclic) bond motifs is 3. The molecule has 3 amide bonds. The van der Waals surface area contributed by atoms with Crippen LogP contribution < -0.4 is 10.6 Å². The van der Waals surface area contributed by atoms with Crippen LogP contribution in [0, 0.1) is 0 Å². The van der Waals surface area contributed by atoms with Crippen molar-refractivity contribution in [2.24, 2.45) is 0 Å². The van der Waals surface area contributed by atoms with Gasteiger partial charge in [-0.2, -0.15) is 0 Å². The van der Waals surface area contributed by atoms with Crippen LogP contribution in [0.25, 0.3) is 21.9 Å². The normalized spacial score (nSPS) is 16.6. The van der Waals surface area contributed by atoms with Crippen molar-refractivity contribution < 1.29 is 24.2 Å². The maximum absolute atomic E-state index is 12.5. The monoisotopic (exact) mass is 424 g/mol. The van der Waals surface area contributed by atoms with Gasteiger partial charge >= 0.3 is 6.09 Å². The predicted molar refractivity (Wildman–Crippen MR) is 114 cm³/mol. The van der Waals surface area contributed by atoms with E-state index < -0.39 is 12.1 Å². The van der Waals surface area contributed by atoms with Crippen LogP contribution in [0.15, 0.2) is 36.5 Å².